The molecule has 1 rings (SSSR count). The van der Waals surface area contributed by atoms with Crippen LogP contribution in [-0.4, -0.2) is 12.5 Å². The van der Waals surface area contributed by atoms with E-state index in [0.717, 1.165) is 6.42 Å². The third kappa shape index (κ3) is 1.33. The molecular weight excluding hydrogens is 152 g/mol. The fraction of sp³-hybridized carbons (Fsp3) is 0.556. The molecule has 0 aromatic carbocycles. The van der Waals surface area contributed by atoms with Crippen LogP contribution in [-0.2, 0) is 4.79 Å². The number of hydrogen-bond donors (Lipinski definition) is 1. The normalized spacial score (nSPS) is 18.6. The number of carbonyl (C=O) groups excluding carboxylic acids is 1. The average Bonchev–Trinajstić information content (AvgIpc) is 2.00. The van der Waals surface area contributed by atoms with Gasteiger partial charge in [0.2, 0.25) is 5.91 Å². The molecule has 1 aliphatic carbocycles. The molecule has 0 unspecified atom stereocenters. The van der Waals surface area contributed by atoms with Crippen LogP contribution in [0.5, 0.6) is 0 Å². The van der Waals surface area contributed by atoms with Gasteiger partial charge in [-0.2, -0.15) is 5.26 Å². The molecule has 3 heteroatoms. The minimum Gasteiger partial charge on any atom is -0.351 e. The second-order valence-corrected chi connectivity index (χ2v) is 3.05. The molecule has 3 nitrogen and oxygen atoms in total. The second-order valence-electron chi connectivity index (χ2n) is 3.05. The van der Waals surface area contributed by atoms with Crippen molar-refractivity contribution in [1.82, 2.24) is 5.32 Å². The molecular formula is C9H12N2O. The van der Waals surface area contributed by atoms with Crippen molar-refractivity contribution in [2.45, 2.75) is 19.3 Å². The van der Waals surface area contributed by atoms with E-state index in [2.05, 4.69) is 18.0 Å². The molecule has 0 heterocycles. The van der Waals surface area contributed by atoms with E-state index in [0.29, 0.717) is 19.4 Å². The molecule has 1 N–H and O–H groups in total. The van der Waals surface area contributed by atoms with Gasteiger partial charge in [0, 0.05) is 6.54 Å². The van der Waals surface area contributed by atoms with Gasteiger partial charge in [0.05, 0.1) is 6.07 Å². The number of nitrogens with zero attached hydrogens (tertiary/aromatic N) is 1. The Morgan fingerprint density at radius 2 is 2.42 bits per heavy atom. The zero-order valence-electron chi connectivity index (χ0n) is 6.97. The molecule has 1 saturated carbocycles. The lowest BCUT2D eigenvalue weighted by Crippen LogP contribution is -2.44. The van der Waals surface area contributed by atoms with Gasteiger partial charge in [-0.05, 0) is 19.3 Å². The molecule has 0 saturated heterocycles. The van der Waals surface area contributed by atoms with Crippen molar-refractivity contribution in [3.63, 3.8) is 0 Å². The van der Waals surface area contributed by atoms with E-state index >= 15 is 0 Å². The van der Waals surface area contributed by atoms with Crippen molar-refractivity contribution in [3.05, 3.63) is 12.7 Å². The summed E-state index contributed by atoms with van der Waals surface area (Å²) in [6.45, 7) is 3.93. The topological polar surface area (TPSA) is 52.9 Å². The van der Waals surface area contributed by atoms with Gasteiger partial charge >= 0.3 is 0 Å². The molecule has 1 fully saturated rings. The Morgan fingerprint density at radius 3 is 2.75 bits per heavy atom. The average molecular weight is 164 g/mol. The summed E-state index contributed by atoms with van der Waals surface area (Å²) in [4.78, 5) is 11.4. The Balaban J connectivity index is 2.50. The highest BCUT2D eigenvalue weighted by atomic mass is 16.2. The van der Waals surface area contributed by atoms with Gasteiger partial charge in [-0.1, -0.05) is 6.08 Å². The maximum Gasteiger partial charge on any atom is 0.240 e. The van der Waals surface area contributed by atoms with Crippen LogP contribution < -0.4 is 5.32 Å². The summed E-state index contributed by atoms with van der Waals surface area (Å²) in [6.07, 6.45) is 4.00. The van der Waals surface area contributed by atoms with Crippen LogP contribution in [0, 0.1) is 16.7 Å². The molecule has 64 valence electrons. The zero-order chi connectivity index (χ0) is 9.03. The fourth-order valence-electron chi connectivity index (χ4n) is 1.25. The predicted molar refractivity (Wildman–Crippen MR) is 45.1 cm³/mol. The minimum atomic E-state index is -0.719. The van der Waals surface area contributed by atoms with E-state index in [1.165, 1.54) is 0 Å². The summed E-state index contributed by atoms with van der Waals surface area (Å²) in [5.74, 6) is -0.142. The van der Waals surface area contributed by atoms with Crippen molar-refractivity contribution in [1.29, 1.82) is 5.26 Å². The Kier molecular flexibility index (Phi) is 2.49. The monoisotopic (exact) mass is 164 g/mol. The Morgan fingerprint density at radius 1 is 1.75 bits per heavy atom. The SMILES string of the molecule is C=CCNC(=O)C1(C#N)CCC1. The highest BCUT2D eigenvalue weighted by molar-refractivity contribution is 5.86. The van der Waals surface area contributed by atoms with Crippen LogP contribution in [0.2, 0.25) is 0 Å². The number of carbonyl (C=O) groups is 1. The third-order valence-electron chi connectivity index (χ3n) is 2.26. The van der Waals surface area contributed by atoms with Gasteiger partial charge in [0.25, 0.3) is 0 Å². The van der Waals surface area contributed by atoms with E-state index in [-0.39, 0.29) is 5.91 Å². The van der Waals surface area contributed by atoms with Gasteiger partial charge in [-0.3, -0.25) is 4.79 Å². The standard InChI is InChI=1S/C9H12N2O/c1-2-6-11-8(12)9(7-10)4-3-5-9/h2H,1,3-6H2,(H,11,12). The molecule has 0 aromatic heterocycles. The quantitative estimate of drug-likeness (QED) is 0.632. The lowest BCUT2D eigenvalue weighted by atomic mass is 9.69. The lowest BCUT2D eigenvalue weighted by Gasteiger charge is -2.33. The van der Waals surface area contributed by atoms with E-state index in [1.807, 2.05) is 0 Å². The van der Waals surface area contributed by atoms with Crippen molar-refractivity contribution in [2.75, 3.05) is 6.54 Å². The van der Waals surface area contributed by atoms with Crippen LogP contribution in [0.3, 0.4) is 0 Å². The lowest BCUT2D eigenvalue weighted by molar-refractivity contribution is -0.131. The summed E-state index contributed by atoms with van der Waals surface area (Å²) in [5.41, 5.74) is -0.719. The Hall–Kier alpha value is -1.30. The molecule has 0 atom stereocenters. The second kappa shape index (κ2) is 3.40. The largest absolute Gasteiger partial charge is 0.351 e. The molecule has 0 aromatic rings. The summed E-state index contributed by atoms with van der Waals surface area (Å²) in [5, 5.41) is 11.4. The number of amides is 1. The first kappa shape index (κ1) is 8.79. The molecule has 0 radical (unpaired) electrons. The molecule has 1 amide bonds. The van der Waals surface area contributed by atoms with Crippen molar-refractivity contribution in [3.8, 4) is 6.07 Å². The zero-order valence-corrected chi connectivity index (χ0v) is 6.97. The van der Waals surface area contributed by atoms with Crippen LogP contribution in [0.15, 0.2) is 12.7 Å². The summed E-state index contributed by atoms with van der Waals surface area (Å²) in [7, 11) is 0. The highest BCUT2D eigenvalue weighted by Gasteiger charge is 2.44. The third-order valence-corrected chi connectivity index (χ3v) is 2.26. The van der Waals surface area contributed by atoms with Gasteiger partial charge in [-0.15, -0.1) is 6.58 Å². The van der Waals surface area contributed by atoms with Gasteiger partial charge in [0.1, 0.15) is 5.41 Å². The molecule has 12 heavy (non-hydrogen) atoms. The summed E-state index contributed by atoms with van der Waals surface area (Å²) >= 11 is 0. The van der Waals surface area contributed by atoms with E-state index in [9.17, 15) is 4.79 Å². The smallest absolute Gasteiger partial charge is 0.240 e. The predicted octanol–water partition coefficient (Wildman–Crippen LogP) is 0.982. The molecule has 0 spiro atoms. The van der Waals surface area contributed by atoms with Crippen LogP contribution >= 0.6 is 0 Å². The molecule has 0 aliphatic heterocycles. The van der Waals surface area contributed by atoms with Gasteiger partial charge < -0.3 is 5.32 Å². The maximum atomic E-state index is 11.4. The van der Waals surface area contributed by atoms with Crippen LogP contribution in [0.25, 0.3) is 0 Å². The highest BCUT2D eigenvalue weighted by Crippen LogP contribution is 2.40. The van der Waals surface area contributed by atoms with Crippen molar-refractivity contribution >= 4 is 5.91 Å². The Labute approximate surface area is 72.1 Å². The maximum absolute atomic E-state index is 11.4. The summed E-state index contributed by atoms with van der Waals surface area (Å²) in [6, 6.07) is 2.08. The first-order valence-electron chi connectivity index (χ1n) is 4.05. The molecule has 0 bridgehead atoms. The number of nitriles is 1. The molecule has 1 aliphatic rings. The fourth-order valence-corrected chi connectivity index (χ4v) is 1.25. The van der Waals surface area contributed by atoms with Crippen molar-refractivity contribution < 1.29 is 4.79 Å². The van der Waals surface area contributed by atoms with Crippen LogP contribution in [0.1, 0.15) is 19.3 Å². The van der Waals surface area contributed by atoms with Crippen LogP contribution in [0.4, 0.5) is 0 Å². The van der Waals surface area contributed by atoms with Crippen molar-refractivity contribution in [2.24, 2.45) is 5.41 Å². The van der Waals surface area contributed by atoms with Gasteiger partial charge in [0.15, 0.2) is 0 Å². The van der Waals surface area contributed by atoms with Gasteiger partial charge in [-0.25, -0.2) is 0 Å². The van der Waals surface area contributed by atoms with E-state index in [1.54, 1.807) is 6.08 Å². The van der Waals surface area contributed by atoms with E-state index in [4.69, 9.17) is 5.26 Å². The Bertz CT molecular complexity index is 235. The minimum absolute atomic E-state index is 0.142. The number of nitrogens with one attached hydrogen (secondary N) is 1. The van der Waals surface area contributed by atoms with E-state index < -0.39 is 5.41 Å². The number of hydrogen-bond acceptors (Lipinski definition) is 2. The summed E-state index contributed by atoms with van der Waals surface area (Å²) < 4.78 is 0. The number of rotatable bonds is 3. The first-order chi connectivity index (χ1) is 5.75. The first-order valence-corrected chi connectivity index (χ1v) is 4.05.